The van der Waals surface area contributed by atoms with E-state index in [4.69, 9.17) is 17.0 Å². The van der Waals surface area contributed by atoms with Crippen LogP contribution in [0, 0.1) is 69.2 Å². The monoisotopic (exact) mass is 739 g/mol. The summed E-state index contributed by atoms with van der Waals surface area (Å²) in [6.45, 7) is 29.5. The normalized spacial score (nSPS) is 18.1. The molecule has 2 aliphatic carbocycles. The topological polar surface area (TPSA) is 0 Å². The number of fused-ring (bicyclic) bond motifs is 2. The number of hydrogen-bond donors (Lipinski definition) is 0. The molecule has 0 saturated carbocycles. The van der Waals surface area contributed by atoms with Crippen molar-refractivity contribution >= 4 is 29.2 Å². The summed E-state index contributed by atoms with van der Waals surface area (Å²) in [6, 6.07) is 13.9. The molecule has 6 rings (SSSR count). The molecule has 47 heavy (non-hydrogen) atoms. The Bertz CT molecular complexity index is 1900. The van der Waals surface area contributed by atoms with E-state index in [0.29, 0.717) is 0 Å². The molecule has 245 valence electrons. The third-order valence-electron chi connectivity index (χ3n) is 12.0. The number of allylic oxidation sites excluding steroid dienone is 2. The van der Waals surface area contributed by atoms with Crippen molar-refractivity contribution in [1.29, 1.82) is 0 Å². The minimum absolute atomic E-state index is 0.0358. The fraction of sp³-hybridized carbons (Fsp3) is 0.364. The second kappa shape index (κ2) is 11.7. The summed E-state index contributed by atoms with van der Waals surface area (Å²) in [6.07, 6.45) is 4.90. The first kappa shape index (κ1) is 34.7. The third kappa shape index (κ3) is 5.17. The van der Waals surface area contributed by atoms with Gasteiger partial charge >= 0.3 is 295 Å². The second-order valence-corrected chi connectivity index (χ2v) is 38.2. The number of aryl methyl sites for hydroxylation is 4. The summed E-state index contributed by atoms with van der Waals surface area (Å²) in [5.74, 6) is 0. The molecule has 0 saturated heterocycles. The van der Waals surface area contributed by atoms with Gasteiger partial charge in [0.15, 0.2) is 0 Å². The van der Waals surface area contributed by atoms with Crippen LogP contribution in [0.5, 0.6) is 0 Å². The van der Waals surface area contributed by atoms with E-state index < -0.39 is 16.4 Å². The van der Waals surface area contributed by atoms with Crippen LogP contribution in [0.2, 0.25) is 4.13 Å². The zero-order chi connectivity index (χ0) is 34.5. The van der Waals surface area contributed by atoms with Crippen molar-refractivity contribution in [2.24, 2.45) is 0 Å². The zero-order valence-corrected chi connectivity index (χ0v) is 34.7. The molecule has 0 aromatic heterocycles. The van der Waals surface area contributed by atoms with Crippen molar-refractivity contribution in [3.8, 4) is 22.3 Å². The van der Waals surface area contributed by atoms with Crippen molar-refractivity contribution in [3.05, 3.63) is 125 Å². The molecule has 0 aliphatic heterocycles. The van der Waals surface area contributed by atoms with Crippen LogP contribution in [0.1, 0.15) is 106 Å². The van der Waals surface area contributed by atoms with E-state index in [1.165, 1.54) is 111 Å². The summed E-state index contributed by atoms with van der Waals surface area (Å²) in [5.41, 5.74) is 26.7. The van der Waals surface area contributed by atoms with Gasteiger partial charge < -0.3 is 0 Å². The first-order chi connectivity index (χ1) is 21.9. The quantitative estimate of drug-likeness (QED) is 0.191. The van der Waals surface area contributed by atoms with Gasteiger partial charge in [-0.2, -0.15) is 0 Å². The van der Waals surface area contributed by atoms with E-state index in [0.717, 1.165) is 4.13 Å². The molecule has 0 amide bonds. The predicted molar refractivity (Wildman–Crippen MR) is 206 cm³/mol. The molecular weight excluding hydrogens is 691 g/mol. The Kier molecular flexibility index (Phi) is 8.64. The van der Waals surface area contributed by atoms with Crippen LogP contribution >= 0.6 is 17.0 Å². The van der Waals surface area contributed by atoms with E-state index in [1.807, 2.05) is 0 Å². The van der Waals surface area contributed by atoms with Gasteiger partial charge in [-0.1, -0.05) is 0 Å². The molecular formula is C44H51Cl2Zr. The van der Waals surface area contributed by atoms with E-state index in [-0.39, 0.29) is 7.25 Å². The summed E-state index contributed by atoms with van der Waals surface area (Å²) >= 11 is -4.89. The van der Waals surface area contributed by atoms with Crippen molar-refractivity contribution in [2.45, 2.75) is 101 Å². The van der Waals surface area contributed by atoms with Crippen molar-refractivity contribution in [2.75, 3.05) is 0 Å². The van der Waals surface area contributed by atoms with Crippen LogP contribution in [0.3, 0.4) is 0 Å². The Labute approximate surface area is 292 Å². The molecule has 3 heteroatoms. The Hall–Kier alpha value is -2.18. The maximum absolute atomic E-state index is 8.56. The van der Waals surface area contributed by atoms with Crippen LogP contribution in [0.25, 0.3) is 34.4 Å². The van der Waals surface area contributed by atoms with Crippen molar-refractivity contribution in [3.63, 3.8) is 0 Å². The average molecular weight is 742 g/mol. The summed E-state index contributed by atoms with van der Waals surface area (Å²) in [4.78, 5) is 0. The van der Waals surface area contributed by atoms with Crippen molar-refractivity contribution < 1.29 is 16.4 Å². The fourth-order valence-corrected chi connectivity index (χ4v) is 28.8. The number of halogens is 2. The first-order valence-corrected chi connectivity index (χ1v) is 28.2. The Morgan fingerprint density at radius 3 is 1.09 bits per heavy atom. The Morgan fingerprint density at radius 2 is 0.787 bits per heavy atom. The molecule has 2 atom stereocenters. The molecule has 0 fully saturated rings. The number of hydrogen-bond acceptors (Lipinski definition) is 0. The second-order valence-electron chi connectivity index (χ2n) is 15.3. The first-order valence-electron chi connectivity index (χ1n) is 17.3. The van der Waals surface area contributed by atoms with Gasteiger partial charge in [-0.05, 0) is 0 Å². The number of benzene rings is 4. The molecule has 4 aromatic carbocycles. The zero-order valence-electron chi connectivity index (χ0n) is 30.7. The molecule has 0 heterocycles. The molecule has 0 N–H and O–H groups in total. The van der Waals surface area contributed by atoms with E-state index in [1.54, 1.807) is 0 Å². The third-order valence-corrected chi connectivity index (χ3v) is 33.1. The van der Waals surface area contributed by atoms with Gasteiger partial charge in [0.1, 0.15) is 0 Å². The van der Waals surface area contributed by atoms with Crippen LogP contribution in [-0.2, 0) is 16.4 Å². The molecule has 0 bridgehead atoms. The fourth-order valence-electron chi connectivity index (χ4n) is 9.62. The predicted octanol–water partition coefficient (Wildman–Crippen LogP) is 14.2. The Morgan fingerprint density at radius 1 is 0.468 bits per heavy atom. The Balaban J connectivity index is 1.66. The van der Waals surface area contributed by atoms with Gasteiger partial charge in [0.2, 0.25) is 0 Å². The van der Waals surface area contributed by atoms with Crippen LogP contribution in [-0.4, -0.2) is 0 Å². The molecule has 0 nitrogen and oxygen atoms in total. The van der Waals surface area contributed by atoms with Crippen LogP contribution in [0.4, 0.5) is 0 Å². The van der Waals surface area contributed by atoms with Crippen LogP contribution in [0.15, 0.2) is 47.5 Å². The molecule has 0 spiro atoms. The standard InChI is InChI=1S/2C21H23.C2H5.2ClH.Zr/c2*1-12-7-13(2)9-18(8-12)21-17(6)15(4)16(5)19-10-14(3)11-20(19)21;1-2;;;/h2*7-11H,1-6H3;1H2,2H3;2*1H;/q;;;;;+2/p-2. The molecule has 4 aromatic rings. The van der Waals surface area contributed by atoms with Crippen molar-refractivity contribution in [1.82, 2.24) is 0 Å². The molecule has 0 radical (unpaired) electrons. The van der Waals surface area contributed by atoms with Gasteiger partial charge in [0.05, 0.1) is 0 Å². The van der Waals surface area contributed by atoms with Gasteiger partial charge in [-0.3, -0.25) is 0 Å². The van der Waals surface area contributed by atoms with E-state index >= 15 is 0 Å². The molecule has 2 unspecified atom stereocenters. The van der Waals surface area contributed by atoms with Gasteiger partial charge in [-0.15, -0.1) is 0 Å². The van der Waals surface area contributed by atoms with E-state index in [2.05, 4.69) is 139 Å². The summed E-state index contributed by atoms with van der Waals surface area (Å²) < 4.78 is 0.883. The van der Waals surface area contributed by atoms with Gasteiger partial charge in [0.25, 0.3) is 0 Å². The molecule has 2 aliphatic rings. The summed E-state index contributed by atoms with van der Waals surface area (Å²) in [7, 11) is 17.1. The minimum atomic E-state index is -4.89. The van der Waals surface area contributed by atoms with Gasteiger partial charge in [0, 0.05) is 0 Å². The number of rotatable bonds is 5. The van der Waals surface area contributed by atoms with Gasteiger partial charge in [-0.25, -0.2) is 0 Å². The van der Waals surface area contributed by atoms with E-state index in [9.17, 15) is 0 Å². The summed E-state index contributed by atoms with van der Waals surface area (Å²) in [5, 5.41) is 0. The SMILES string of the molecule is C[CH2][Zr]([Cl])([Cl])([CH]1C(C)=Cc2c(-c3cc(C)cc(C)c3)c(C)c(C)c(C)c21)[CH]1C(C)=Cc2c(-c3cc(C)cc(C)c3)c(C)c(C)c(C)c21. The maximum atomic E-state index is 8.56. The van der Waals surface area contributed by atoms with Crippen LogP contribution < -0.4 is 0 Å². The average Bonchev–Trinajstić information content (AvgIpc) is 3.52.